The van der Waals surface area contributed by atoms with Gasteiger partial charge in [0.1, 0.15) is 5.82 Å². The Morgan fingerprint density at radius 3 is 2.54 bits per heavy atom. The van der Waals surface area contributed by atoms with Crippen molar-refractivity contribution in [1.29, 1.82) is 0 Å². The predicted molar refractivity (Wildman–Crippen MR) is 108 cm³/mol. The number of ether oxygens (including phenoxy) is 1. The highest BCUT2D eigenvalue weighted by Gasteiger charge is 2.10. The molecule has 0 fully saturated rings. The molecule has 142 valence electrons. The van der Waals surface area contributed by atoms with Crippen LogP contribution in [0.25, 0.3) is 0 Å². The van der Waals surface area contributed by atoms with E-state index < -0.39 is 5.97 Å². The van der Waals surface area contributed by atoms with Gasteiger partial charge in [0.15, 0.2) is 0 Å². The Morgan fingerprint density at radius 2 is 1.82 bits per heavy atom. The number of aromatic nitrogens is 1. The van der Waals surface area contributed by atoms with Crippen LogP contribution in [-0.2, 0) is 11.3 Å². The number of amides is 1. The van der Waals surface area contributed by atoms with Crippen LogP contribution in [0.4, 0.5) is 11.5 Å². The summed E-state index contributed by atoms with van der Waals surface area (Å²) < 4.78 is 4.69. The number of hydrogen-bond acceptors (Lipinski definition) is 5. The molecule has 1 amide bonds. The van der Waals surface area contributed by atoms with Crippen molar-refractivity contribution in [2.24, 2.45) is 0 Å². The van der Waals surface area contributed by atoms with Crippen LogP contribution >= 0.6 is 0 Å². The van der Waals surface area contributed by atoms with Crippen molar-refractivity contribution in [3.05, 3.63) is 89.1 Å². The number of benzene rings is 2. The minimum absolute atomic E-state index is 0.306. The van der Waals surface area contributed by atoms with Gasteiger partial charge in [0.25, 0.3) is 5.91 Å². The highest BCUT2D eigenvalue weighted by Crippen LogP contribution is 2.14. The summed E-state index contributed by atoms with van der Waals surface area (Å²) in [5, 5.41) is 5.99. The number of carbonyl (C=O) groups is 2. The van der Waals surface area contributed by atoms with Crippen LogP contribution in [0, 0.1) is 6.92 Å². The summed E-state index contributed by atoms with van der Waals surface area (Å²) in [5.74, 6) is -0.0766. The second-order valence-electron chi connectivity index (χ2n) is 6.30. The van der Waals surface area contributed by atoms with E-state index in [-0.39, 0.29) is 5.91 Å². The molecular weight excluding hydrogens is 354 g/mol. The molecule has 0 aliphatic rings. The standard InChI is InChI=1S/C22H21N3O3/c1-15-5-3-6-16(11-15)13-23-20-10-9-18(14-24-20)21(26)25-19-8-4-7-17(12-19)22(27)28-2/h3-12,14H,13H2,1-2H3,(H,23,24)(H,25,26). The summed E-state index contributed by atoms with van der Waals surface area (Å²) >= 11 is 0. The summed E-state index contributed by atoms with van der Waals surface area (Å²) in [7, 11) is 1.31. The third-order valence-electron chi connectivity index (χ3n) is 4.12. The van der Waals surface area contributed by atoms with Gasteiger partial charge in [-0.15, -0.1) is 0 Å². The first kappa shape index (κ1) is 19.1. The molecule has 2 aromatic carbocycles. The van der Waals surface area contributed by atoms with Crippen molar-refractivity contribution in [2.45, 2.75) is 13.5 Å². The van der Waals surface area contributed by atoms with Gasteiger partial charge in [0.2, 0.25) is 0 Å². The van der Waals surface area contributed by atoms with E-state index in [1.807, 2.05) is 12.1 Å². The smallest absolute Gasteiger partial charge is 0.337 e. The number of nitrogens with zero attached hydrogens (tertiary/aromatic N) is 1. The molecule has 1 aromatic heterocycles. The molecule has 0 bridgehead atoms. The Hall–Kier alpha value is -3.67. The lowest BCUT2D eigenvalue weighted by molar-refractivity contribution is 0.0600. The predicted octanol–water partition coefficient (Wildman–Crippen LogP) is 4.04. The minimum atomic E-state index is -0.457. The number of pyridine rings is 1. The van der Waals surface area contributed by atoms with Crippen molar-refractivity contribution in [3.8, 4) is 0 Å². The van der Waals surface area contributed by atoms with E-state index in [0.29, 0.717) is 29.2 Å². The maximum atomic E-state index is 12.4. The van der Waals surface area contributed by atoms with Crippen LogP contribution in [0.5, 0.6) is 0 Å². The zero-order chi connectivity index (χ0) is 19.9. The van der Waals surface area contributed by atoms with E-state index in [2.05, 4.69) is 39.4 Å². The molecule has 28 heavy (non-hydrogen) atoms. The number of esters is 1. The number of aryl methyl sites for hydroxylation is 1. The van der Waals surface area contributed by atoms with Gasteiger partial charge in [0, 0.05) is 18.4 Å². The third-order valence-corrected chi connectivity index (χ3v) is 4.12. The monoisotopic (exact) mass is 375 g/mol. The molecule has 0 saturated carbocycles. The number of anilines is 2. The number of hydrogen-bond donors (Lipinski definition) is 2. The average Bonchev–Trinajstić information content (AvgIpc) is 2.72. The van der Waals surface area contributed by atoms with E-state index in [9.17, 15) is 9.59 Å². The summed E-state index contributed by atoms with van der Waals surface area (Å²) in [4.78, 5) is 28.3. The lowest BCUT2D eigenvalue weighted by Gasteiger charge is -2.09. The fraction of sp³-hybridized carbons (Fsp3) is 0.136. The molecule has 3 aromatic rings. The Morgan fingerprint density at radius 1 is 1.00 bits per heavy atom. The molecule has 0 atom stereocenters. The van der Waals surface area contributed by atoms with E-state index in [0.717, 1.165) is 5.56 Å². The van der Waals surface area contributed by atoms with Crippen LogP contribution in [0.2, 0.25) is 0 Å². The first-order chi connectivity index (χ1) is 13.5. The van der Waals surface area contributed by atoms with Crippen LogP contribution in [0.15, 0.2) is 66.9 Å². The summed E-state index contributed by atoms with van der Waals surface area (Å²) in [6.07, 6.45) is 1.51. The summed E-state index contributed by atoms with van der Waals surface area (Å²) in [6.45, 7) is 2.70. The summed E-state index contributed by atoms with van der Waals surface area (Å²) in [5.41, 5.74) is 3.66. The number of nitrogens with one attached hydrogen (secondary N) is 2. The number of carbonyl (C=O) groups excluding carboxylic acids is 2. The zero-order valence-electron chi connectivity index (χ0n) is 15.7. The molecule has 6 nitrogen and oxygen atoms in total. The van der Waals surface area contributed by atoms with Crippen LogP contribution in [-0.4, -0.2) is 24.0 Å². The van der Waals surface area contributed by atoms with Crippen molar-refractivity contribution in [2.75, 3.05) is 17.7 Å². The van der Waals surface area contributed by atoms with E-state index in [1.54, 1.807) is 36.4 Å². The van der Waals surface area contributed by atoms with Gasteiger partial charge >= 0.3 is 5.97 Å². The fourth-order valence-electron chi connectivity index (χ4n) is 2.69. The van der Waals surface area contributed by atoms with Crippen molar-refractivity contribution < 1.29 is 14.3 Å². The maximum Gasteiger partial charge on any atom is 0.337 e. The molecule has 0 radical (unpaired) electrons. The molecule has 0 aliphatic carbocycles. The van der Waals surface area contributed by atoms with Crippen molar-refractivity contribution in [3.63, 3.8) is 0 Å². The lowest BCUT2D eigenvalue weighted by atomic mass is 10.1. The highest BCUT2D eigenvalue weighted by molar-refractivity contribution is 6.04. The first-order valence-corrected chi connectivity index (χ1v) is 8.80. The highest BCUT2D eigenvalue weighted by atomic mass is 16.5. The largest absolute Gasteiger partial charge is 0.465 e. The molecule has 6 heteroatoms. The van der Waals surface area contributed by atoms with Crippen LogP contribution in [0.3, 0.4) is 0 Å². The van der Waals surface area contributed by atoms with Crippen LogP contribution in [0.1, 0.15) is 31.8 Å². The Bertz CT molecular complexity index is 984. The molecule has 1 heterocycles. The molecule has 0 spiro atoms. The minimum Gasteiger partial charge on any atom is -0.465 e. The van der Waals surface area contributed by atoms with Gasteiger partial charge in [-0.25, -0.2) is 9.78 Å². The summed E-state index contributed by atoms with van der Waals surface area (Å²) in [6, 6.07) is 18.3. The Kier molecular flexibility index (Phi) is 6.01. The third kappa shape index (κ3) is 4.94. The quantitative estimate of drug-likeness (QED) is 0.636. The first-order valence-electron chi connectivity index (χ1n) is 8.80. The SMILES string of the molecule is COC(=O)c1cccc(NC(=O)c2ccc(NCc3cccc(C)c3)nc2)c1. The van der Waals surface area contributed by atoms with Gasteiger partial charge in [-0.1, -0.05) is 35.9 Å². The molecule has 2 N–H and O–H groups in total. The topological polar surface area (TPSA) is 80.3 Å². The van der Waals surface area contributed by atoms with Gasteiger partial charge in [-0.3, -0.25) is 4.79 Å². The van der Waals surface area contributed by atoms with Crippen molar-refractivity contribution in [1.82, 2.24) is 4.98 Å². The second-order valence-corrected chi connectivity index (χ2v) is 6.30. The van der Waals surface area contributed by atoms with Crippen molar-refractivity contribution >= 4 is 23.4 Å². The molecule has 0 unspecified atom stereocenters. The Balaban J connectivity index is 1.61. The zero-order valence-corrected chi connectivity index (χ0v) is 15.7. The van der Waals surface area contributed by atoms with E-state index in [1.165, 1.54) is 18.9 Å². The molecule has 0 saturated heterocycles. The average molecular weight is 375 g/mol. The van der Waals surface area contributed by atoms with Gasteiger partial charge in [0.05, 0.1) is 18.2 Å². The molecule has 0 aliphatic heterocycles. The maximum absolute atomic E-state index is 12.4. The number of rotatable bonds is 6. The van der Waals surface area contributed by atoms with Gasteiger partial charge in [-0.05, 0) is 42.8 Å². The van der Waals surface area contributed by atoms with E-state index in [4.69, 9.17) is 0 Å². The van der Waals surface area contributed by atoms with Gasteiger partial charge < -0.3 is 15.4 Å². The fourth-order valence-corrected chi connectivity index (χ4v) is 2.69. The number of methoxy groups -OCH3 is 1. The van der Waals surface area contributed by atoms with Crippen LogP contribution < -0.4 is 10.6 Å². The molecule has 3 rings (SSSR count). The molecular formula is C22H21N3O3. The van der Waals surface area contributed by atoms with E-state index >= 15 is 0 Å². The second kappa shape index (κ2) is 8.81. The van der Waals surface area contributed by atoms with Gasteiger partial charge in [-0.2, -0.15) is 0 Å². The lowest BCUT2D eigenvalue weighted by Crippen LogP contribution is -2.13. The normalized spacial score (nSPS) is 10.2. The Labute approximate surface area is 163 Å².